The lowest BCUT2D eigenvalue weighted by atomic mass is 9.98. The van der Waals surface area contributed by atoms with Gasteiger partial charge in [-0.05, 0) is 65.8 Å². The molecule has 0 saturated heterocycles. The fourth-order valence-electron chi connectivity index (χ4n) is 3.47. The van der Waals surface area contributed by atoms with E-state index in [1.807, 2.05) is 29.2 Å². The molecule has 178 valence electrons. The molecule has 1 heterocycles. The minimum Gasteiger partial charge on any atom is -0.467 e. The first-order valence-electron chi connectivity index (χ1n) is 10.9. The van der Waals surface area contributed by atoms with Gasteiger partial charge in [-0.25, -0.2) is 14.2 Å². The largest absolute Gasteiger partial charge is 0.467 e. The van der Waals surface area contributed by atoms with Gasteiger partial charge in [-0.2, -0.15) is 11.8 Å². The van der Waals surface area contributed by atoms with E-state index in [2.05, 4.69) is 10.3 Å². The van der Waals surface area contributed by atoms with Gasteiger partial charge >= 0.3 is 5.97 Å². The Kier molecular flexibility index (Phi) is 9.46. The molecule has 0 saturated carbocycles. The molecule has 0 unspecified atom stereocenters. The number of methoxy groups -OCH3 is 1. The van der Waals surface area contributed by atoms with E-state index in [1.165, 1.54) is 19.2 Å². The first-order chi connectivity index (χ1) is 16.5. The van der Waals surface area contributed by atoms with Crippen LogP contribution in [0.5, 0.6) is 0 Å². The van der Waals surface area contributed by atoms with E-state index in [-0.39, 0.29) is 11.7 Å². The molecule has 3 aromatic rings. The lowest BCUT2D eigenvalue weighted by Crippen LogP contribution is -2.41. The van der Waals surface area contributed by atoms with Gasteiger partial charge in [-0.15, -0.1) is 0 Å². The van der Waals surface area contributed by atoms with Crippen LogP contribution >= 0.6 is 11.8 Å². The van der Waals surface area contributed by atoms with Crippen molar-refractivity contribution < 1.29 is 18.7 Å². The predicted molar refractivity (Wildman–Crippen MR) is 134 cm³/mol. The molecule has 0 spiro atoms. The summed E-state index contributed by atoms with van der Waals surface area (Å²) in [6, 6.07) is 12.9. The van der Waals surface area contributed by atoms with Crippen LogP contribution in [0.15, 0.2) is 67.3 Å². The van der Waals surface area contributed by atoms with Gasteiger partial charge in [0.2, 0.25) is 0 Å². The van der Waals surface area contributed by atoms with Crippen LogP contribution in [0, 0.1) is 5.82 Å². The molecule has 8 heteroatoms. The van der Waals surface area contributed by atoms with Gasteiger partial charge in [0.25, 0.3) is 5.91 Å². The number of imidazole rings is 1. The van der Waals surface area contributed by atoms with Crippen LogP contribution in [-0.4, -0.2) is 46.6 Å². The van der Waals surface area contributed by atoms with Crippen molar-refractivity contribution in [2.75, 3.05) is 19.1 Å². The van der Waals surface area contributed by atoms with E-state index in [0.29, 0.717) is 24.9 Å². The zero-order valence-corrected chi connectivity index (χ0v) is 20.1. The highest BCUT2D eigenvalue weighted by atomic mass is 32.2. The third-order valence-corrected chi connectivity index (χ3v) is 5.95. The molecule has 0 bridgehead atoms. The number of allylic oxidation sites excluding steroid dienone is 1. The molecule has 1 amide bonds. The number of carbonyl (C=O) groups excluding carboxylic acids is 2. The van der Waals surface area contributed by atoms with E-state index < -0.39 is 12.0 Å². The van der Waals surface area contributed by atoms with Crippen LogP contribution in [0.4, 0.5) is 4.39 Å². The van der Waals surface area contributed by atoms with Crippen LogP contribution in [0.3, 0.4) is 0 Å². The molecule has 34 heavy (non-hydrogen) atoms. The van der Waals surface area contributed by atoms with Crippen LogP contribution in [-0.2, 0) is 16.1 Å². The standard InChI is InChI=1S/C26H28FN3O3S/c1-33-26(32)24(11-15-34-2)29-25(31)22-5-3-4-19(17-22)16-21(10-13-30-14-12-28-18-30)20-6-8-23(27)9-7-20/h3-9,12,14,16-18,24H,10-11,13,15H2,1-2H3,(H,29,31)/t24-/m0/s1. The molecule has 6 nitrogen and oxygen atoms in total. The highest BCUT2D eigenvalue weighted by molar-refractivity contribution is 7.98. The van der Waals surface area contributed by atoms with Gasteiger partial charge in [0, 0.05) is 24.5 Å². The first kappa shape index (κ1) is 25.2. The lowest BCUT2D eigenvalue weighted by Gasteiger charge is -2.16. The van der Waals surface area contributed by atoms with Crippen molar-refractivity contribution in [1.29, 1.82) is 0 Å². The van der Waals surface area contributed by atoms with E-state index in [0.717, 1.165) is 22.5 Å². The average molecular weight is 482 g/mol. The van der Waals surface area contributed by atoms with E-state index in [1.54, 1.807) is 54.6 Å². The number of esters is 1. The number of nitrogens with zero attached hydrogens (tertiary/aromatic N) is 2. The number of nitrogens with one attached hydrogen (secondary N) is 1. The SMILES string of the molecule is COC(=O)[C@H](CCSC)NC(=O)c1cccc(C=C(CCn2ccnc2)c2ccc(F)cc2)c1. The number of aryl methyl sites for hydroxylation is 1. The van der Waals surface area contributed by atoms with Crippen molar-refractivity contribution in [3.63, 3.8) is 0 Å². The number of benzene rings is 2. The summed E-state index contributed by atoms with van der Waals surface area (Å²) in [5.41, 5.74) is 3.18. The van der Waals surface area contributed by atoms with Crippen molar-refractivity contribution in [1.82, 2.24) is 14.9 Å². The zero-order valence-electron chi connectivity index (χ0n) is 19.2. The molecule has 1 aromatic heterocycles. The Morgan fingerprint density at radius 2 is 2.00 bits per heavy atom. The monoisotopic (exact) mass is 481 g/mol. The summed E-state index contributed by atoms with van der Waals surface area (Å²) in [6.07, 6.45) is 10.5. The number of ether oxygens (including phenoxy) is 1. The molecule has 1 N–H and O–H groups in total. The van der Waals surface area contributed by atoms with Crippen LogP contribution < -0.4 is 5.32 Å². The summed E-state index contributed by atoms with van der Waals surface area (Å²) in [5.74, 6) is -0.371. The number of halogens is 1. The van der Waals surface area contributed by atoms with Crippen molar-refractivity contribution in [2.45, 2.75) is 25.4 Å². The van der Waals surface area contributed by atoms with Gasteiger partial charge in [-0.1, -0.05) is 30.3 Å². The molecular weight excluding hydrogens is 453 g/mol. The molecule has 0 fully saturated rings. The van der Waals surface area contributed by atoms with E-state index in [4.69, 9.17) is 4.74 Å². The fourth-order valence-corrected chi connectivity index (χ4v) is 3.94. The van der Waals surface area contributed by atoms with Crippen LogP contribution in [0.25, 0.3) is 11.6 Å². The molecule has 0 aliphatic carbocycles. The average Bonchev–Trinajstić information content (AvgIpc) is 3.38. The minimum atomic E-state index is -0.700. The maximum Gasteiger partial charge on any atom is 0.328 e. The smallest absolute Gasteiger partial charge is 0.328 e. The lowest BCUT2D eigenvalue weighted by molar-refractivity contribution is -0.142. The van der Waals surface area contributed by atoms with Gasteiger partial charge in [0.15, 0.2) is 0 Å². The molecular formula is C26H28FN3O3S. The minimum absolute atomic E-state index is 0.294. The molecule has 0 aliphatic heterocycles. The fraction of sp³-hybridized carbons (Fsp3) is 0.269. The second-order valence-corrected chi connectivity index (χ2v) is 8.67. The van der Waals surface area contributed by atoms with Crippen LogP contribution in [0.1, 0.15) is 34.3 Å². The first-order valence-corrected chi connectivity index (χ1v) is 12.3. The highest BCUT2D eigenvalue weighted by Crippen LogP contribution is 2.23. The summed E-state index contributed by atoms with van der Waals surface area (Å²) in [7, 11) is 1.31. The highest BCUT2D eigenvalue weighted by Gasteiger charge is 2.21. The number of aromatic nitrogens is 2. The number of hydrogen-bond donors (Lipinski definition) is 1. The van der Waals surface area contributed by atoms with Gasteiger partial charge in [0.05, 0.1) is 13.4 Å². The number of rotatable bonds is 11. The quantitative estimate of drug-likeness (QED) is 0.318. The second-order valence-electron chi connectivity index (χ2n) is 7.68. The number of carbonyl (C=O) groups is 2. The maximum absolute atomic E-state index is 13.5. The van der Waals surface area contributed by atoms with Crippen molar-refractivity contribution in [2.24, 2.45) is 0 Å². The normalized spacial score (nSPS) is 12.3. The Bertz CT molecular complexity index is 1110. The Morgan fingerprint density at radius 3 is 2.68 bits per heavy atom. The van der Waals surface area contributed by atoms with Gasteiger partial charge in [0.1, 0.15) is 11.9 Å². The summed E-state index contributed by atoms with van der Waals surface area (Å²) in [6.45, 7) is 0.708. The summed E-state index contributed by atoms with van der Waals surface area (Å²) in [5, 5.41) is 2.78. The molecule has 3 rings (SSSR count). The van der Waals surface area contributed by atoms with E-state index >= 15 is 0 Å². The van der Waals surface area contributed by atoms with Crippen molar-refractivity contribution in [3.05, 3.63) is 89.8 Å². The number of hydrogen-bond acceptors (Lipinski definition) is 5. The Labute approximate surface area is 203 Å². The predicted octanol–water partition coefficient (Wildman–Crippen LogP) is 4.68. The Hall–Kier alpha value is -3.39. The summed E-state index contributed by atoms with van der Waals surface area (Å²) < 4.78 is 20.3. The zero-order chi connectivity index (χ0) is 24.3. The third-order valence-electron chi connectivity index (χ3n) is 5.30. The topological polar surface area (TPSA) is 73.2 Å². The van der Waals surface area contributed by atoms with Crippen LogP contribution in [0.2, 0.25) is 0 Å². The van der Waals surface area contributed by atoms with Crippen molar-refractivity contribution in [3.8, 4) is 0 Å². The molecule has 1 atom stereocenters. The van der Waals surface area contributed by atoms with Crippen molar-refractivity contribution >= 4 is 35.3 Å². The Morgan fingerprint density at radius 1 is 1.21 bits per heavy atom. The summed E-state index contributed by atoms with van der Waals surface area (Å²) in [4.78, 5) is 29.0. The Balaban J connectivity index is 1.83. The molecule has 2 aromatic carbocycles. The van der Waals surface area contributed by atoms with Gasteiger partial charge < -0.3 is 14.6 Å². The molecule has 0 radical (unpaired) electrons. The summed E-state index contributed by atoms with van der Waals surface area (Å²) >= 11 is 1.60. The number of amides is 1. The van der Waals surface area contributed by atoms with E-state index in [9.17, 15) is 14.0 Å². The third kappa shape index (κ3) is 7.31. The number of thioether (sulfide) groups is 1. The second kappa shape index (κ2) is 12.7. The molecule has 0 aliphatic rings. The maximum atomic E-state index is 13.5. The van der Waals surface area contributed by atoms with Gasteiger partial charge in [-0.3, -0.25) is 4.79 Å².